The number of hydrogen-bond donors (Lipinski definition) is 1. The normalized spacial score (nSPS) is 17.4. The molecule has 0 saturated heterocycles. The van der Waals surface area contributed by atoms with Crippen LogP contribution in [0.4, 0.5) is 0 Å². The minimum absolute atomic E-state index is 0.0415. The van der Waals surface area contributed by atoms with E-state index in [1.165, 1.54) is 32.1 Å². The Balaban J connectivity index is 1.84. The third kappa shape index (κ3) is 4.57. The van der Waals surface area contributed by atoms with Crippen molar-refractivity contribution < 1.29 is 4.79 Å². The second-order valence-corrected chi connectivity index (χ2v) is 6.03. The standard InChI is InChI=1S/C18H28N2O/c1-2-20(16-11-7-4-8-12-16)18(21)14-13-17(19)15-9-5-3-6-10-15/h3,5-6,9-10,16-17H,2,4,7-8,11-14,19H2,1H3. The van der Waals surface area contributed by atoms with Crippen LogP contribution in [0.3, 0.4) is 0 Å². The SMILES string of the molecule is CCN(C(=O)CCC(N)c1ccccc1)C1CCCCC1. The van der Waals surface area contributed by atoms with Gasteiger partial charge >= 0.3 is 0 Å². The highest BCUT2D eigenvalue weighted by Crippen LogP contribution is 2.24. The molecule has 1 aromatic rings. The minimum atomic E-state index is -0.0415. The van der Waals surface area contributed by atoms with E-state index in [1.54, 1.807) is 0 Å². The Morgan fingerprint density at radius 1 is 1.24 bits per heavy atom. The predicted molar refractivity (Wildman–Crippen MR) is 86.9 cm³/mol. The molecule has 1 aliphatic rings. The van der Waals surface area contributed by atoms with Crippen molar-refractivity contribution in [2.24, 2.45) is 5.73 Å². The van der Waals surface area contributed by atoms with Crippen LogP contribution in [0.1, 0.15) is 63.5 Å². The number of nitrogens with two attached hydrogens (primary N) is 1. The van der Waals surface area contributed by atoms with E-state index in [-0.39, 0.29) is 11.9 Å². The van der Waals surface area contributed by atoms with E-state index in [2.05, 4.69) is 11.8 Å². The Labute approximate surface area is 128 Å². The van der Waals surface area contributed by atoms with E-state index in [0.717, 1.165) is 18.5 Å². The number of benzene rings is 1. The molecular formula is C18H28N2O. The molecule has 0 spiro atoms. The summed E-state index contributed by atoms with van der Waals surface area (Å²) in [5.74, 6) is 0.274. The lowest BCUT2D eigenvalue weighted by molar-refractivity contribution is -0.134. The van der Waals surface area contributed by atoms with Crippen molar-refractivity contribution >= 4 is 5.91 Å². The first kappa shape index (κ1) is 16.0. The molecule has 1 unspecified atom stereocenters. The van der Waals surface area contributed by atoms with Crippen LogP contribution in [-0.4, -0.2) is 23.4 Å². The van der Waals surface area contributed by atoms with Crippen molar-refractivity contribution in [3.05, 3.63) is 35.9 Å². The maximum atomic E-state index is 12.5. The van der Waals surface area contributed by atoms with Crippen LogP contribution < -0.4 is 5.73 Å². The molecule has 3 heteroatoms. The van der Waals surface area contributed by atoms with Gasteiger partial charge in [-0.2, -0.15) is 0 Å². The fourth-order valence-electron chi connectivity index (χ4n) is 3.32. The van der Waals surface area contributed by atoms with Crippen molar-refractivity contribution in [3.63, 3.8) is 0 Å². The van der Waals surface area contributed by atoms with Gasteiger partial charge in [0.2, 0.25) is 5.91 Å². The first-order valence-corrected chi connectivity index (χ1v) is 8.32. The summed E-state index contributed by atoms with van der Waals surface area (Å²) < 4.78 is 0. The summed E-state index contributed by atoms with van der Waals surface area (Å²) in [6, 6.07) is 10.5. The second kappa shape index (κ2) is 8.18. The molecule has 0 aromatic heterocycles. The van der Waals surface area contributed by atoms with Crippen LogP contribution in [0, 0.1) is 0 Å². The largest absolute Gasteiger partial charge is 0.340 e. The van der Waals surface area contributed by atoms with Gasteiger partial charge in [0, 0.05) is 25.0 Å². The van der Waals surface area contributed by atoms with Crippen LogP contribution in [0.2, 0.25) is 0 Å². The van der Waals surface area contributed by atoms with E-state index in [0.29, 0.717) is 12.5 Å². The first-order valence-electron chi connectivity index (χ1n) is 8.32. The third-order valence-electron chi connectivity index (χ3n) is 4.57. The lowest BCUT2D eigenvalue weighted by atomic mass is 9.93. The fourth-order valence-corrected chi connectivity index (χ4v) is 3.32. The number of carbonyl (C=O) groups excluding carboxylic acids is 1. The second-order valence-electron chi connectivity index (χ2n) is 6.03. The maximum absolute atomic E-state index is 12.5. The molecular weight excluding hydrogens is 260 g/mol. The number of carbonyl (C=O) groups is 1. The summed E-state index contributed by atoms with van der Waals surface area (Å²) in [7, 11) is 0. The summed E-state index contributed by atoms with van der Waals surface area (Å²) >= 11 is 0. The Hall–Kier alpha value is -1.35. The maximum Gasteiger partial charge on any atom is 0.222 e. The highest BCUT2D eigenvalue weighted by atomic mass is 16.2. The van der Waals surface area contributed by atoms with Crippen molar-refractivity contribution in [1.29, 1.82) is 0 Å². The number of rotatable bonds is 6. The van der Waals surface area contributed by atoms with E-state index < -0.39 is 0 Å². The van der Waals surface area contributed by atoms with Crippen molar-refractivity contribution in [3.8, 4) is 0 Å². The summed E-state index contributed by atoms with van der Waals surface area (Å²) in [5, 5.41) is 0. The molecule has 21 heavy (non-hydrogen) atoms. The predicted octanol–water partition coefficient (Wildman–Crippen LogP) is 3.65. The third-order valence-corrected chi connectivity index (χ3v) is 4.57. The Bertz CT molecular complexity index is 426. The zero-order chi connectivity index (χ0) is 15.1. The molecule has 1 amide bonds. The molecule has 0 heterocycles. The number of hydrogen-bond acceptors (Lipinski definition) is 2. The molecule has 0 radical (unpaired) electrons. The molecule has 0 bridgehead atoms. The quantitative estimate of drug-likeness (QED) is 0.868. The van der Waals surface area contributed by atoms with Crippen molar-refractivity contribution in [1.82, 2.24) is 4.90 Å². The highest BCUT2D eigenvalue weighted by molar-refractivity contribution is 5.76. The van der Waals surface area contributed by atoms with Gasteiger partial charge in [0.05, 0.1) is 0 Å². The van der Waals surface area contributed by atoms with Gasteiger partial charge < -0.3 is 10.6 Å². The lowest BCUT2D eigenvalue weighted by Gasteiger charge is -2.34. The van der Waals surface area contributed by atoms with Crippen molar-refractivity contribution in [2.45, 2.75) is 64.0 Å². The zero-order valence-corrected chi connectivity index (χ0v) is 13.1. The average molecular weight is 288 g/mol. The number of nitrogens with zero attached hydrogens (tertiary/aromatic N) is 1. The van der Waals surface area contributed by atoms with Gasteiger partial charge in [-0.1, -0.05) is 49.6 Å². The van der Waals surface area contributed by atoms with Gasteiger partial charge in [-0.05, 0) is 31.7 Å². The molecule has 1 aromatic carbocycles. The van der Waals surface area contributed by atoms with Gasteiger partial charge in [-0.25, -0.2) is 0 Å². The van der Waals surface area contributed by atoms with Crippen LogP contribution in [-0.2, 0) is 4.79 Å². The summed E-state index contributed by atoms with van der Waals surface area (Å²) in [4.78, 5) is 14.6. The molecule has 1 aliphatic carbocycles. The Kier molecular flexibility index (Phi) is 6.24. The van der Waals surface area contributed by atoms with E-state index in [4.69, 9.17) is 5.73 Å². The average Bonchev–Trinajstić information content (AvgIpc) is 2.55. The van der Waals surface area contributed by atoms with Crippen LogP contribution >= 0.6 is 0 Å². The fraction of sp³-hybridized carbons (Fsp3) is 0.611. The van der Waals surface area contributed by atoms with Gasteiger partial charge in [-0.3, -0.25) is 4.79 Å². The number of amides is 1. The van der Waals surface area contributed by atoms with Gasteiger partial charge in [0.15, 0.2) is 0 Å². The zero-order valence-electron chi connectivity index (χ0n) is 13.1. The van der Waals surface area contributed by atoms with Crippen LogP contribution in [0.15, 0.2) is 30.3 Å². The lowest BCUT2D eigenvalue weighted by Crippen LogP contribution is -2.41. The van der Waals surface area contributed by atoms with Crippen LogP contribution in [0.5, 0.6) is 0 Å². The first-order chi connectivity index (χ1) is 10.2. The monoisotopic (exact) mass is 288 g/mol. The summed E-state index contributed by atoms with van der Waals surface area (Å²) in [5.41, 5.74) is 7.31. The van der Waals surface area contributed by atoms with Crippen molar-refractivity contribution in [2.75, 3.05) is 6.54 Å². The molecule has 2 rings (SSSR count). The topological polar surface area (TPSA) is 46.3 Å². The van der Waals surface area contributed by atoms with E-state index in [1.807, 2.05) is 30.3 Å². The smallest absolute Gasteiger partial charge is 0.222 e. The van der Waals surface area contributed by atoms with Gasteiger partial charge in [-0.15, -0.1) is 0 Å². The molecule has 0 aliphatic heterocycles. The van der Waals surface area contributed by atoms with E-state index in [9.17, 15) is 4.79 Å². The highest BCUT2D eigenvalue weighted by Gasteiger charge is 2.24. The van der Waals surface area contributed by atoms with Gasteiger partial charge in [0.1, 0.15) is 0 Å². The molecule has 1 saturated carbocycles. The van der Waals surface area contributed by atoms with Gasteiger partial charge in [0.25, 0.3) is 0 Å². The Morgan fingerprint density at radius 2 is 1.90 bits per heavy atom. The molecule has 2 N–H and O–H groups in total. The Morgan fingerprint density at radius 3 is 2.52 bits per heavy atom. The van der Waals surface area contributed by atoms with E-state index >= 15 is 0 Å². The minimum Gasteiger partial charge on any atom is -0.340 e. The summed E-state index contributed by atoms with van der Waals surface area (Å²) in [6.07, 6.45) is 7.47. The molecule has 3 nitrogen and oxygen atoms in total. The summed E-state index contributed by atoms with van der Waals surface area (Å²) in [6.45, 7) is 2.91. The molecule has 116 valence electrons. The molecule has 1 atom stereocenters. The van der Waals surface area contributed by atoms with Crippen LogP contribution in [0.25, 0.3) is 0 Å². The molecule has 1 fully saturated rings.